The van der Waals surface area contributed by atoms with Crippen LogP contribution in [0.15, 0.2) is 42.7 Å². The van der Waals surface area contributed by atoms with E-state index in [1.165, 1.54) is 0 Å². The summed E-state index contributed by atoms with van der Waals surface area (Å²) in [7, 11) is 1.82. The highest BCUT2D eigenvalue weighted by molar-refractivity contribution is 6.05. The van der Waals surface area contributed by atoms with E-state index in [2.05, 4.69) is 20.3 Å². The van der Waals surface area contributed by atoms with Gasteiger partial charge in [0.25, 0.3) is 5.91 Å². The van der Waals surface area contributed by atoms with Gasteiger partial charge < -0.3 is 11.1 Å². The number of nitrogens with two attached hydrogens (primary N) is 1. The monoisotopic (exact) mass is 392 g/mol. The Hall–Kier alpha value is -3.26. The average molecular weight is 392 g/mol. The fourth-order valence-corrected chi connectivity index (χ4v) is 3.75. The molecule has 0 bridgehead atoms. The third-order valence-corrected chi connectivity index (χ3v) is 5.41. The minimum absolute atomic E-state index is 0.0114. The number of fused-ring (bicyclic) bond motifs is 1. The standard InChI is InChI=1S/C21H24N6O2/c1-26-20-16(12-24-26)10-17(11-23-20)21(29)25-18-4-2-3-14(9-18)13-27-7-5-15(6-8-27)19(22)28/h2-4,9-12,15H,5-8,13H2,1H3,(H2,22,28)(H,25,29). The maximum Gasteiger partial charge on any atom is 0.257 e. The Balaban J connectivity index is 1.40. The topological polar surface area (TPSA) is 106 Å². The minimum atomic E-state index is -0.206. The summed E-state index contributed by atoms with van der Waals surface area (Å²) >= 11 is 0. The lowest BCUT2D eigenvalue weighted by atomic mass is 9.96. The Kier molecular flexibility index (Phi) is 5.26. The fraction of sp³-hybridized carbons (Fsp3) is 0.333. The van der Waals surface area contributed by atoms with Crippen molar-refractivity contribution in [1.29, 1.82) is 0 Å². The normalized spacial score (nSPS) is 15.5. The van der Waals surface area contributed by atoms with Gasteiger partial charge in [0.1, 0.15) is 0 Å². The lowest BCUT2D eigenvalue weighted by Crippen LogP contribution is -2.38. The van der Waals surface area contributed by atoms with Gasteiger partial charge in [0.05, 0.1) is 11.8 Å². The van der Waals surface area contributed by atoms with Crippen LogP contribution in [0.5, 0.6) is 0 Å². The molecule has 29 heavy (non-hydrogen) atoms. The van der Waals surface area contributed by atoms with Gasteiger partial charge in [0.15, 0.2) is 5.65 Å². The number of nitrogens with zero attached hydrogens (tertiary/aromatic N) is 4. The molecule has 2 aromatic heterocycles. The molecule has 1 fully saturated rings. The Morgan fingerprint density at radius 1 is 1.21 bits per heavy atom. The summed E-state index contributed by atoms with van der Waals surface area (Å²) < 4.78 is 1.67. The van der Waals surface area contributed by atoms with Gasteiger partial charge in [-0.1, -0.05) is 12.1 Å². The quantitative estimate of drug-likeness (QED) is 0.690. The predicted octanol–water partition coefficient (Wildman–Crippen LogP) is 1.92. The summed E-state index contributed by atoms with van der Waals surface area (Å²) in [6.07, 6.45) is 4.86. The number of anilines is 1. The van der Waals surface area contributed by atoms with Gasteiger partial charge >= 0.3 is 0 Å². The summed E-state index contributed by atoms with van der Waals surface area (Å²) in [6.45, 7) is 2.47. The van der Waals surface area contributed by atoms with Gasteiger partial charge in [-0.2, -0.15) is 5.10 Å². The number of amides is 2. The maximum absolute atomic E-state index is 12.6. The van der Waals surface area contributed by atoms with Crippen molar-refractivity contribution in [2.45, 2.75) is 19.4 Å². The van der Waals surface area contributed by atoms with E-state index in [9.17, 15) is 9.59 Å². The highest BCUT2D eigenvalue weighted by Crippen LogP contribution is 2.20. The van der Waals surface area contributed by atoms with Crippen molar-refractivity contribution in [1.82, 2.24) is 19.7 Å². The van der Waals surface area contributed by atoms with E-state index >= 15 is 0 Å². The third-order valence-electron chi connectivity index (χ3n) is 5.41. The first-order valence-electron chi connectivity index (χ1n) is 9.69. The van der Waals surface area contributed by atoms with Crippen LogP contribution in [0.1, 0.15) is 28.8 Å². The zero-order chi connectivity index (χ0) is 20.4. The number of aromatic nitrogens is 3. The molecule has 0 saturated carbocycles. The fourth-order valence-electron chi connectivity index (χ4n) is 3.75. The molecule has 0 unspecified atom stereocenters. The molecule has 1 aliphatic rings. The number of pyridine rings is 1. The van der Waals surface area contributed by atoms with Crippen molar-refractivity contribution in [3.8, 4) is 0 Å². The van der Waals surface area contributed by atoms with Crippen LogP contribution in [0.3, 0.4) is 0 Å². The van der Waals surface area contributed by atoms with Gasteiger partial charge in [0.2, 0.25) is 5.91 Å². The molecule has 3 N–H and O–H groups in total. The molecule has 4 rings (SSSR count). The van der Waals surface area contributed by atoms with Crippen LogP contribution in [0.2, 0.25) is 0 Å². The minimum Gasteiger partial charge on any atom is -0.369 e. The molecular formula is C21H24N6O2. The second-order valence-corrected chi connectivity index (χ2v) is 7.51. The Morgan fingerprint density at radius 2 is 2.00 bits per heavy atom. The Bertz CT molecular complexity index is 1050. The molecule has 3 aromatic rings. The second kappa shape index (κ2) is 8.00. The largest absolute Gasteiger partial charge is 0.369 e. The van der Waals surface area contributed by atoms with Crippen LogP contribution in [0.25, 0.3) is 11.0 Å². The molecule has 1 aliphatic heterocycles. The van der Waals surface area contributed by atoms with Crippen molar-refractivity contribution < 1.29 is 9.59 Å². The van der Waals surface area contributed by atoms with Crippen LogP contribution in [-0.4, -0.2) is 44.6 Å². The first-order valence-corrected chi connectivity index (χ1v) is 9.69. The molecule has 0 aliphatic carbocycles. The van der Waals surface area contributed by atoms with Gasteiger partial charge in [-0.15, -0.1) is 0 Å². The lowest BCUT2D eigenvalue weighted by molar-refractivity contribution is -0.123. The maximum atomic E-state index is 12.6. The summed E-state index contributed by atoms with van der Waals surface area (Å²) in [4.78, 5) is 30.6. The second-order valence-electron chi connectivity index (χ2n) is 7.51. The van der Waals surface area contributed by atoms with E-state index in [4.69, 9.17) is 5.73 Å². The highest BCUT2D eigenvalue weighted by atomic mass is 16.2. The molecule has 2 amide bonds. The Morgan fingerprint density at radius 3 is 2.76 bits per heavy atom. The average Bonchev–Trinajstić information content (AvgIpc) is 3.09. The molecule has 1 saturated heterocycles. The van der Waals surface area contributed by atoms with E-state index < -0.39 is 0 Å². The van der Waals surface area contributed by atoms with Crippen molar-refractivity contribution in [2.24, 2.45) is 18.7 Å². The number of carbonyl (C=O) groups is 2. The molecule has 8 nitrogen and oxygen atoms in total. The molecule has 8 heteroatoms. The van der Waals surface area contributed by atoms with Crippen LogP contribution in [0, 0.1) is 5.92 Å². The number of aryl methyl sites for hydroxylation is 1. The smallest absolute Gasteiger partial charge is 0.257 e. The Labute approximate surface area is 168 Å². The van der Waals surface area contributed by atoms with E-state index in [0.29, 0.717) is 5.56 Å². The van der Waals surface area contributed by atoms with Crippen LogP contribution in [0.4, 0.5) is 5.69 Å². The number of likely N-dealkylation sites (tertiary alicyclic amines) is 1. The molecule has 1 aromatic carbocycles. The number of primary amides is 1. The number of piperidine rings is 1. The molecule has 0 atom stereocenters. The first-order chi connectivity index (χ1) is 14.0. The van der Waals surface area contributed by atoms with Crippen LogP contribution >= 0.6 is 0 Å². The van der Waals surface area contributed by atoms with Gasteiger partial charge in [-0.05, 0) is 49.7 Å². The first kappa shape index (κ1) is 19.1. The zero-order valence-corrected chi connectivity index (χ0v) is 16.3. The lowest BCUT2D eigenvalue weighted by Gasteiger charge is -2.30. The predicted molar refractivity (Wildman–Crippen MR) is 110 cm³/mol. The number of hydrogen-bond acceptors (Lipinski definition) is 5. The zero-order valence-electron chi connectivity index (χ0n) is 16.3. The van der Waals surface area contributed by atoms with Gasteiger partial charge in [-0.3, -0.25) is 19.2 Å². The van der Waals surface area contributed by atoms with Crippen molar-refractivity contribution >= 4 is 28.5 Å². The molecular weight excluding hydrogens is 368 g/mol. The summed E-state index contributed by atoms with van der Waals surface area (Å²) in [6, 6.07) is 9.62. The van der Waals surface area contributed by atoms with E-state index in [1.54, 1.807) is 23.1 Å². The SMILES string of the molecule is Cn1ncc2cc(C(=O)Nc3cccc(CN4CCC(C(N)=O)CC4)c3)cnc21. The highest BCUT2D eigenvalue weighted by Gasteiger charge is 2.23. The summed E-state index contributed by atoms with van der Waals surface area (Å²) in [5, 5.41) is 7.92. The van der Waals surface area contributed by atoms with Gasteiger partial charge in [-0.25, -0.2) is 4.98 Å². The van der Waals surface area contributed by atoms with Crippen LogP contribution < -0.4 is 11.1 Å². The number of carbonyl (C=O) groups excluding carboxylic acids is 2. The molecule has 0 radical (unpaired) electrons. The molecule has 150 valence electrons. The summed E-state index contributed by atoms with van der Waals surface area (Å²) in [5.41, 5.74) is 8.49. The van der Waals surface area contributed by atoms with E-state index in [0.717, 1.165) is 54.8 Å². The molecule has 0 spiro atoms. The summed E-state index contributed by atoms with van der Waals surface area (Å²) in [5.74, 6) is -0.418. The van der Waals surface area contributed by atoms with E-state index in [1.807, 2.05) is 31.3 Å². The number of benzene rings is 1. The van der Waals surface area contributed by atoms with Crippen molar-refractivity contribution in [3.05, 3.63) is 53.9 Å². The van der Waals surface area contributed by atoms with Crippen molar-refractivity contribution in [2.75, 3.05) is 18.4 Å². The molecule has 3 heterocycles. The van der Waals surface area contributed by atoms with Crippen LogP contribution in [-0.2, 0) is 18.4 Å². The number of hydrogen-bond donors (Lipinski definition) is 2. The van der Waals surface area contributed by atoms with E-state index in [-0.39, 0.29) is 17.7 Å². The number of nitrogens with one attached hydrogen (secondary N) is 1. The van der Waals surface area contributed by atoms with Crippen molar-refractivity contribution in [3.63, 3.8) is 0 Å². The number of rotatable bonds is 5. The van der Waals surface area contributed by atoms with Gasteiger partial charge in [0, 0.05) is 36.8 Å². The third kappa shape index (κ3) is 4.27.